The smallest absolute Gasteiger partial charge is 0.306 e. The molecule has 492 valence electrons. The number of carbonyl (C=O) groups is 2. The Morgan fingerprint density at radius 2 is 0.699 bits per heavy atom. The van der Waals surface area contributed by atoms with E-state index >= 15 is 0 Å². The van der Waals surface area contributed by atoms with Crippen molar-refractivity contribution in [3.63, 3.8) is 0 Å². The van der Waals surface area contributed by atoms with E-state index in [-0.39, 0.29) is 31.5 Å². The van der Waals surface area contributed by atoms with Gasteiger partial charge < -0.3 is 28.5 Å². The molecular formula is C73H143N2O7P. The second-order valence-corrected chi connectivity index (χ2v) is 27.9. The first-order valence-corrected chi connectivity index (χ1v) is 38.1. The summed E-state index contributed by atoms with van der Waals surface area (Å²) in [4.78, 5) is 40.2. The zero-order chi connectivity index (χ0) is 60.7. The van der Waals surface area contributed by atoms with Gasteiger partial charge in [0.25, 0.3) is 7.82 Å². The second-order valence-electron chi connectivity index (χ2n) is 26.5. The first-order chi connectivity index (χ1) is 40.4. The molecule has 0 aliphatic carbocycles. The van der Waals surface area contributed by atoms with Crippen molar-refractivity contribution in [1.82, 2.24) is 5.32 Å². The Morgan fingerprint density at radius 3 is 1.02 bits per heavy atom. The second kappa shape index (κ2) is 63.5. The predicted octanol–water partition coefficient (Wildman–Crippen LogP) is 22.6. The molecule has 0 fully saturated rings. The number of ether oxygens (including phenoxy) is 1. The average molecular weight is 1190 g/mol. The number of amides is 1. The lowest BCUT2D eigenvalue weighted by Crippen LogP contribution is -2.47. The molecule has 0 bridgehead atoms. The molecule has 83 heavy (non-hydrogen) atoms. The van der Waals surface area contributed by atoms with Crippen LogP contribution in [0.5, 0.6) is 0 Å². The number of phosphoric ester groups is 1. The monoisotopic (exact) mass is 1190 g/mol. The maximum absolute atomic E-state index is 13.6. The van der Waals surface area contributed by atoms with Gasteiger partial charge in [-0.1, -0.05) is 334 Å². The highest BCUT2D eigenvalue weighted by molar-refractivity contribution is 7.45. The maximum Gasteiger partial charge on any atom is 0.306 e. The molecule has 0 spiro atoms. The van der Waals surface area contributed by atoms with Gasteiger partial charge in [0.1, 0.15) is 19.3 Å². The third-order valence-corrected chi connectivity index (χ3v) is 17.8. The molecule has 3 atom stereocenters. The van der Waals surface area contributed by atoms with Gasteiger partial charge in [-0.2, -0.15) is 0 Å². The lowest BCUT2D eigenvalue weighted by Gasteiger charge is -2.30. The topological polar surface area (TPSA) is 114 Å². The normalized spacial score (nSPS) is 13.6. The Kier molecular flexibility index (Phi) is 62.4. The minimum absolute atomic E-state index is 0.0177. The van der Waals surface area contributed by atoms with Crippen molar-refractivity contribution in [3.05, 3.63) is 24.3 Å². The van der Waals surface area contributed by atoms with E-state index < -0.39 is 20.0 Å². The van der Waals surface area contributed by atoms with Crippen molar-refractivity contribution >= 4 is 19.7 Å². The first-order valence-electron chi connectivity index (χ1n) is 36.6. The van der Waals surface area contributed by atoms with Gasteiger partial charge in [0.05, 0.1) is 33.8 Å². The first kappa shape index (κ1) is 81.5. The van der Waals surface area contributed by atoms with Crippen molar-refractivity contribution in [1.29, 1.82) is 0 Å². The highest BCUT2D eigenvalue weighted by atomic mass is 31.2. The van der Waals surface area contributed by atoms with E-state index in [0.717, 1.165) is 57.8 Å². The van der Waals surface area contributed by atoms with Gasteiger partial charge in [0.2, 0.25) is 5.91 Å². The number of esters is 1. The Hall–Kier alpha value is -1.51. The van der Waals surface area contributed by atoms with E-state index in [0.29, 0.717) is 17.4 Å². The Balaban J connectivity index is 4.95. The summed E-state index contributed by atoms with van der Waals surface area (Å²) in [6, 6.07) is -0.882. The lowest BCUT2D eigenvalue weighted by atomic mass is 10.0. The van der Waals surface area contributed by atoms with Crippen LogP contribution in [0, 0.1) is 0 Å². The zero-order valence-corrected chi connectivity index (χ0v) is 57.3. The fourth-order valence-electron chi connectivity index (χ4n) is 11.2. The van der Waals surface area contributed by atoms with Gasteiger partial charge in [0.15, 0.2) is 0 Å². The number of allylic oxidation sites excluding steroid dienone is 3. The summed E-state index contributed by atoms with van der Waals surface area (Å²) < 4.78 is 30.5. The van der Waals surface area contributed by atoms with Crippen molar-refractivity contribution in [2.24, 2.45) is 0 Å². The third kappa shape index (κ3) is 64.8. The molecule has 0 saturated carbocycles. The van der Waals surface area contributed by atoms with Crippen LogP contribution in [0.15, 0.2) is 24.3 Å². The van der Waals surface area contributed by atoms with Crippen LogP contribution in [-0.4, -0.2) is 69.4 Å². The van der Waals surface area contributed by atoms with Crippen LogP contribution in [-0.2, 0) is 27.9 Å². The van der Waals surface area contributed by atoms with E-state index in [2.05, 4.69) is 38.2 Å². The van der Waals surface area contributed by atoms with E-state index in [1.807, 2.05) is 33.3 Å². The number of rotatable bonds is 68. The summed E-state index contributed by atoms with van der Waals surface area (Å²) in [5.74, 6) is -0.517. The molecule has 0 aliphatic rings. The van der Waals surface area contributed by atoms with Crippen LogP contribution in [0.4, 0.5) is 0 Å². The van der Waals surface area contributed by atoms with Gasteiger partial charge in [0, 0.05) is 12.8 Å². The SMILES string of the molecule is CCCCCCCC/C=C/CCCCCCCCCCCCCCCCCC(=O)OC(/C=C/CCCCCCCCCCC)C(COP(=O)([O-])OCC[N+](C)(C)C)NC(=O)CCCCCCCCCCCCCCCCCCCCCCC. The van der Waals surface area contributed by atoms with Crippen LogP contribution in [0.3, 0.4) is 0 Å². The average Bonchev–Trinajstić information content (AvgIpc) is 3.51. The van der Waals surface area contributed by atoms with Gasteiger partial charge >= 0.3 is 5.97 Å². The number of likely N-dealkylation sites (N-methyl/N-ethyl adjacent to an activating group) is 1. The summed E-state index contributed by atoms with van der Waals surface area (Å²) in [6.07, 6.45) is 77.4. The largest absolute Gasteiger partial charge is 0.756 e. The molecule has 10 heteroatoms. The highest BCUT2D eigenvalue weighted by Gasteiger charge is 2.27. The summed E-state index contributed by atoms with van der Waals surface area (Å²) >= 11 is 0. The van der Waals surface area contributed by atoms with Crippen LogP contribution in [0.2, 0.25) is 0 Å². The summed E-state index contributed by atoms with van der Waals surface area (Å²) in [5, 5.41) is 3.05. The van der Waals surface area contributed by atoms with E-state index in [1.165, 1.54) is 289 Å². The highest BCUT2D eigenvalue weighted by Crippen LogP contribution is 2.38. The predicted molar refractivity (Wildman–Crippen MR) is 358 cm³/mol. The fourth-order valence-corrected chi connectivity index (χ4v) is 12.0. The van der Waals surface area contributed by atoms with Gasteiger partial charge in [-0.3, -0.25) is 14.2 Å². The number of quaternary nitrogens is 1. The van der Waals surface area contributed by atoms with E-state index in [4.69, 9.17) is 13.8 Å². The molecule has 0 aliphatic heterocycles. The molecule has 0 saturated heterocycles. The van der Waals surface area contributed by atoms with Crippen molar-refractivity contribution in [2.75, 3.05) is 40.9 Å². The molecule has 9 nitrogen and oxygen atoms in total. The molecule has 0 aromatic heterocycles. The Bertz CT molecular complexity index is 1470. The Labute approximate surface area is 517 Å². The number of hydrogen-bond donors (Lipinski definition) is 1. The number of unbranched alkanes of at least 4 members (excludes halogenated alkanes) is 50. The number of phosphoric acid groups is 1. The molecule has 3 unspecified atom stereocenters. The maximum atomic E-state index is 13.6. The molecular weight excluding hydrogens is 1050 g/mol. The molecule has 0 aromatic carbocycles. The van der Waals surface area contributed by atoms with Gasteiger partial charge in [-0.25, -0.2) is 0 Å². The molecule has 1 N–H and O–H groups in total. The van der Waals surface area contributed by atoms with Gasteiger partial charge in [-0.15, -0.1) is 0 Å². The van der Waals surface area contributed by atoms with Crippen LogP contribution < -0.4 is 10.2 Å². The number of nitrogens with zero attached hydrogens (tertiary/aromatic N) is 1. The lowest BCUT2D eigenvalue weighted by molar-refractivity contribution is -0.870. The molecule has 0 rings (SSSR count). The van der Waals surface area contributed by atoms with E-state index in [1.54, 1.807) is 0 Å². The van der Waals surface area contributed by atoms with E-state index in [9.17, 15) is 19.0 Å². The van der Waals surface area contributed by atoms with Crippen LogP contribution in [0.1, 0.15) is 380 Å². The van der Waals surface area contributed by atoms with Crippen LogP contribution >= 0.6 is 7.82 Å². The summed E-state index contributed by atoms with van der Waals surface area (Å²) in [6.45, 7) is 6.91. The molecule has 1 amide bonds. The minimum atomic E-state index is -4.70. The van der Waals surface area contributed by atoms with Gasteiger partial charge in [-0.05, 0) is 57.4 Å². The van der Waals surface area contributed by atoms with Crippen molar-refractivity contribution < 1.29 is 37.3 Å². The van der Waals surface area contributed by atoms with Crippen molar-refractivity contribution in [3.8, 4) is 0 Å². The summed E-state index contributed by atoms with van der Waals surface area (Å²) in [5.41, 5.74) is 0. The number of nitrogens with one attached hydrogen (secondary N) is 1. The fraction of sp³-hybridized carbons (Fsp3) is 0.918. The quantitative estimate of drug-likeness (QED) is 0.0212. The Morgan fingerprint density at radius 1 is 0.410 bits per heavy atom. The zero-order valence-electron chi connectivity index (χ0n) is 56.4. The molecule has 0 aromatic rings. The molecule has 0 radical (unpaired) electrons. The standard InChI is InChI=1S/C73H143N2O7P/c1-7-10-13-16-19-22-25-27-29-31-33-35-36-37-38-40-42-44-46-48-51-54-57-60-63-66-73(77)82-71(64-61-58-55-52-49-24-21-18-15-12-9-3)70(69-81-83(78,79)80-68-67-75(4,5)6)74-72(76)65-62-59-56-53-50-47-45-43-41-39-34-32-30-28-26-23-20-17-14-11-8-2/h27,29,61,64,70-71H,7-26,28,30-60,62-63,65-69H2,1-6H3,(H-,74,76,78,79)/b29-27+,64-61+. The van der Waals surface area contributed by atoms with Crippen molar-refractivity contribution in [2.45, 2.75) is 392 Å². The summed E-state index contributed by atoms with van der Waals surface area (Å²) in [7, 11) is 1.21. The third-order valence-electron chi connectivity index (χ3n) is 16.9. The number of carbonyl (C=O) groups excluding carboxylic acids is 2. The molecule has 0 heterocycles. The van der Waals surface area contributed by atoms with Crippen LogP contribution in [0.25, 0.3) is 0 Å². The number of hydrogen-bond acceptors (Lipinski definition) is 7. The minimum Gasteiger partial charge on any atom is -0.756 e.